The summed E-state index contributed by atoms with van der Waals surface area (Å²) in [6.45, 7) is 13.4. The summed E-state index contributed by atoms with van der Waals surface area (Å²) in [7, 11) is 0. The molecule has 2 atom stereocenters. The average Bonchev–Trinajstić information content (AvgIpc) is 3.31. The van der Waals surface area contributed by atoms with Crippen LogP contribution in [0, 0.1) is 6.57 Å². The first-order chi connectivity index (χ1) is 13.5. The predicted octanol–water partition coefficient (Wildman–Crippen LogP) is 5.67. The number of nitrogens with one attached hydrogen (secondary N) is 1. The number of rotatable bonds is 3. The lowest BCUT2D eigenvalue weighted by Gasteiger charge is -2.38. The Kier molecular flexibility index (Phi) is 5.30. The number of benzene rings is 1. The largest absolute Gasteiger partial charge is 0.375 e. The molecule has 9 heteroatoms. The van der Waals surface area contributed by atoms with Crippen molar-refractivity contribution in [2.24, 2.45) is 0 Å². The molecule has 0 spiro atoms. The summed E-state index contributed by atoms with van der Waals surface area (Å²) < 4.78 is 5.76. The maximum atomic E-state index is 7.92. The van der Waals surface area contributed by atoms with Gasteiger partial charge in [-0.05, 0) is 31.5 Å². The third-order valence-electron chi connectivity index (χ3n) is 4.68. The van der Waals surface area contributed by atoms with Gasteiger partial charge in [0.25, 0.3) is 0 Å². The van der Waals surface area contributed by atoms with Crippen molar-refractivity contribution in [3.05, 3.63) is 46.0 Å². The summed E-state index contributed by atoms with van der Waals surface area (Å²) >= 11 is 14.1. The molecule has 0 amide bonds. The Morgan fingerprint density at radius 3 is 2.86 bits per heavy atom. The molecule has 1 aromatic carbocycles. The Labute approximate surface area is 176 Å². The van der Waals surface area contributed by atoms with Crippen LogP contribution in [0.2, 0.25) is 10.0 Å². The van der Waals surface area contributed by atoms with Crippen LogP contribution in [-0.2, 0) is 4.74 Å². The molecule has 3 aromatic rings. The van der Waals surface area contributed by atoms with E-state index in [0.717, 1.165) is 21.0 Å². The molecular formula is C19H17Cl2N5OS. The Hall–Kier alpha value is -2.11. The Bertz CT molecular complexity index is 1040. The first-order valence-electron chi connectivity index (χ1n) is 8.74. The molecule has 1 unspecified atom stereocenters. The van der Waals surface area contributed by atoms with Crippen molar-refractivity contribution in [1.82, 2.24) is 15.2 Å². The molecule has 1 aliphatic heterocycles. The number of hydrogen-bond donors (Lipinski definition) is 1. The Morgan fingerprint density at radius 2 is 2.18 bits per heavy atom. The molecule has 0 aliphatic carbocycles. The summed E-state index contributed by atoms with van der Waals surface area (Å²) in [5.74, 6) is 0.608. The van der Waals surface area contributed by atoms with Gasteiger partial charge in [0, 0.05) is 28.2 Å². The van der Waals surface area contributed by atoms with Crippen LogP contribution in [0.3, 0.4) is 0 Å². The highest BCUT2D eigenvalue weighted by molar-refractivity contribution is 7.20. The van der Waals surface area contributed by atoms with Gasteiger partial charge < -0.3 is 14.6 Å². The lowest BCUT2D eigenvalue weighted by Crippen LogP contribution is -2.47. The number of hydrogen-bond acceptors (Lipinski definition) is 5. The SMILES string of the molecule is [C-]#[N+]c1c(N2C[C@@H](C)OCC2C)sc(-c2nnc[nH]2)c1-c1ccc(Cl)cc1Cl. The topological polar surface area (TPSA) is 58.4 Å². The van der Waals surface area contributed by atoms with Crippen LogP contribution in [0.25, 0.3) is 26.7 Å². The predicted molar refractivity (Wildman–Crippen MR) is 114 cm³/mol. The molecule has 1 fully saturated rings. The number of halogens is 2. The van der Waals surface area contributed by atoms with E-state index in [-0.39, 0.29) is 12.1 Å². The van der Waals surface area contributed by atoms with Gasteiger partial charge in [0.2, 0.25) is 5.69 Å². The van der Waals surface area contributed by atoms with Crippen molar-refractivity contribution in [1.29, 1.82) is 0 Å². The summed E-state index contributed by atoms with van der Waals surface area (Å²) in [5.41, 5.74) is 2.06. The molecular weight excluding hydrogens is 417 g/mol. The van der Waals surface area contributed by atoms with Crippen molar-refractivity contribution in [2.45, 2.75) is 26.0 Å². The minimum Gasteiger partial charge on any atom is -0.375 e. The second-order valence-electron chi connectivity index (χ2n) is 6.68. The lowest BCUT2D eigenvalue weighted by molar-refractivity contribution is 0.0347. The van der Waals surface area contributed by atoms with Crippen LogP contribution in [0.4, 0.5) is 10.7 Å². The van der Waals surface area contributed by atoms with E-state index < -0.39 is 0 Å². The number of aromatic nitrogens is 3. The van der Waals surface area contributed by atoms with E-state index in [4.69, 9.17) is 34.5 Å². The molecule has 0 radical (unpaired) electrons. The van der Waals surface area contributed by atoms with Crippen LogP contribution in [0.5, 0.6) is 0 Å². The minimum atomic E-state index is 0.0909. The van der Waals surface area contributed by atoms with E-state index in [1.54, 1.807) is 12.1 Å². The molecule has 0 saturated carbocycles. The van der Waals surface area contributed by atoms with Gasteiger partial charge >= 0.3 is 0 Å². The van der Waals surface area contributed by atoms with Gasteiger partial charge in [0.1, 0.15) is 6.33 Å². The summed E-state index contributed by atoms with van der Waals surface area (Å²) in [6.07, 6.45) is 1.62. The van der Waals surface area contributed by atoms with Crippen molar-refractivity contribution >= 4 is 45.2 Å². The van der Waals surface area contributed by atoms with E-state index >= 15 is 0 Å². The zero-order chi connectivity index (χ0) is 19.8. The number of anilines is 1. The number of H-pyrrole nitrogens is 1. The molecule has 2 aromatic heterocycles. The third kappa shape index (κ3) is 3.38. The number of morpholine rings is 1. The summed E-state index contributed by atoms with van der Waals surface area (Å²) in [4.78, 5) is 10.0. The van der Waals surface area contributed by atoms with Gasteiger partial charge in [-0.1, -0.05) is 29.3 Å². The highest BCUT2D eigenvalue weighted by Crippen LogP contribution is 2.53. The average molecular weight is 434 g/mol. The molecule has 144 valence electrons. The maximum absolute atomic E-state index is 7.92. The van der Waals surface area contributed by atoms with Gasteiger partial charge in [-0.15, -0.1) is 21.5 Å². The van der Waals surface area contributed by atoms with Gasteiger partial charge in [-0.3, -0.25) is 0 Å². The highest BCUT2D eigenvalue weighted by Gasteiger charge is 2.31. The third-order valence-corrected chi connectivity index (χ3v) is 6.45. The fraction of sp³-hybridized carbons (Fsp3) is 0.316. The number of ether oxygens (including phenoxy) is 1. The van der Waals surface area contributed by atoms with E-state index in [1.807, 2.05) is 13.0 Å². The van der Waals surface area contributed by atoms with Crippen molar-refractivity contribution in [2.75, 3.05) is 18.1 Å². The van der Waals surface area contributed by atoms with Gasteiger partial charge in [0.15, 0.2) is 5.82 Å². The molecule has 6 nitrogen and oxygen atoms in total. The lowest BCUT2D eigenvalue weighted by atomic mass is 10.0. The highest BCUT2D eigenvalue weighted by atomic mass is 35.5. The number of nitrogens with zero attached hydrogens (tertiary/aromatic N) is 4. The minimum absolute atomic E-state index is 0.0909. The fourth-order valence-electron chi connectivity index (χ4n) is 3.32. The van der Waals surface area contributed by atoms with Gasteiger partial charge in [-0.2, -0.15) is 0 Å². The van der Waals surface area contributed by atoms with Crippen LogP contribution in [0.15, 0.2) is 24.5 Å². The molecule has 0 bridgehead atoms. The maximum Gasteiger partial charge on any atom is 0.229 e. The second-order valence-corrected chi connectivity index (χ2v) is 8.52. The van der Waals surface area contributed by atoms with E-state index in [9.17, 15) is 0 Å². The standard InChI is InChI=1S/C19H17Cl2N5OS/c1-10-8-27-11(2)7-26(10)19-16(22-3)15(13-5-4-12(20)6-14(13)21)17(28-19)18-23-9-24-25-18/h4-6,9-11H,7-8H2,1-2H3,(H,23,24,25)/t10?,11-/m1/s1. The quantitative estimate of drug-likeness (QED) is 0.540. The number of aromatic amines is 1. The number of thiophene rings is 1. The first-order valence-corrected chi connectivity index (χ1v) is 10.3. The van der Waals surface area contributed by atoms with Crippen molar-refractivity contribution in [3.8, 4) is 21.8 Å². The Balaban J connectivity index is 1.96. The summed E-state index contributed by atoms with van der Waals surface area (Å²) in [5, 5.41) is 10.0. The van der Waals surface area contributed by atoms with E-state index in [1.165, 1.54) is 17.7 Å². The van der Waals surface area contributed by atoms with Crippen molar-refractivity contribution in [3.63, 3.8) is 0 Å². The zero-order valence-electron chi connectivity index (χ0n) is 15.2. The molecule has 3 heterocycles. The summed E-state index contributed by atoms with van der Waals surface area (Å²) in [6, 6.07) is 5.47. The molecule has 1 saturated heterocycles. The Morgan fingerprint density at radius 1 is 1.36 bits per heavy atom. The second kappa shape index (κ2) is 7.72. The van der Waals surface area contributed by atoms with Crippen LogP contribution in [-0.4, -0.2) is 40.5 Å². The fourth-order valence-corrected chi connectivity index (χ4v) is 5.14. The monoisotopic (exact) mass is 433 g/mol. The van der Waals surface area contributed by atoms with Crippen LogP contribution in [0.1, 0.15) is 13.8 Å². The normalized spacial score (nSPS) is 19.6. The van der Waals surface area contributed by atoms with Crippen LogP contribution >= 0.6 is 34.5 Å². The zero-order valence-corrected chi connectivity index (χ0v) is 17.6. The van der Waals surface area contributed by atoms with Gasteiger partial charge in [-0.25, -0.2) is 4.85 Å². The molecule has 4 rings (SSSR count). The van der Waals surface area contributed by atoms with Crippen molar-refractivity contribution < 1.29 is 4.74 Å². The first kappa shape index (κ1) is 19.2. The van der Waals surface area contributed by atoms with E-state index in [0.29, 0.717) is 34.7 Å². The molecule has 1 N–H and O–H groups in total. The molecule has 1 aliphatic rings. The smallest absolute Gasteiger partial charge is 0.229 e. The van der Waals surface area contributed by atoms with Gasteiger partial charge in [0.05, 0.1) is 29.2 Å². The molecule has 28 heavy (non-hydrogen) atoms. The van der Waals surface area contributed by atoms with E-state index in [2.05, 4.69) is 31.9 Å². The van der Waals surface area contributed by atoms with Crippen LogP contribution < -0.4 is 4.90 Å².